The molecule has 0 spiro atoms. The summed E-state index contributed by atoms with van der Waals surface area (Å²) in [5.74, 6) is 2.01. The quantitative estimate of drug-likeness (QED) is 0.281. The van der Waals surface area contributed by atoms with E-state index < -0.39 is 0 Å². The van der Waals surface area contributed by atoms with Gasteiger partial charge < -0.3 is 15.2 Å². The fraction of sp³-hybridized carbons (Fsp3) is 0.115. The highest BCUT2D eigenvalue weighted by atomic mass is 35.5. The van der Waals surface area contributed by atoms with Crippen LogP contribution < -0.4 is 10.6 Å². The van der Waals surface area contributed by atoms with Gasteiger partial charge in [0.05, 0.1) is 0 Å². The van der Waals surface area contributed by atoms with Crippen molar-refractivity contribution in [1.82, 2.24) is 24.7 Å². The zero-order chi connectivity index (χ0) is 24.9. The lowest BCUT2D eigenvalue weighted by Gasteiger charge is -2.10. The second-order valence-electron chi connectivity index (χ2n) is 7.90. The third kappa shape index (κ3) is 5.11. The summed E-state index contributed by atoms with van der Waals surface area (Å²) in [6, 6.07) is 17.9. The maximum Gasteiger partial charge on any atom is 0.277 e. The van der Waals surface area contributed by atoms with Crippen LogP contribution in [-0.2, 0) is 0 Å². The van der Waals surface area contributed by atoms with E-state index in [0.717, 1.165) is 24.1 Å². The van der Waals surface area contributed by atoms with Crippen molar-refractivity contribution in [3.05, 3.63) is 90.0 Å². The zero-order valence-electron chi connectivity index (χ0n) is 19.4. The van der Waals surface area contributed by atoms with Crippen molar-refractivity contribution in [2.45, 2.75) is 13.3 Å². The van der Waals surface area contributed by atoms with E-state index in [1.165, 1.54) is 0 Å². The van der Waals surface area contributed by atoms with Gasteiger partial charge in [-0.15, -0.1) is 0 Å². The topological polar surface area (TPSA) is 111 Å². The molecule has 0 radical (unpaired) electrons. The van der Waals surface area contributed by atoms with E-state index in [4.69, 9.17) is 16.1 Å². The Morgan fingerprint density at radius 3 is 2.72 bits per heavy atom. The van der Waals surface area contributed by atoms with E-state index in [-0.39, 0.29) is 11.6 Å². The average molecular weight is 500 g/mol. The van der Waals surface area contributed by atoms with Crippen LogP contribution in [0.5, 0.6) is 0 Å². The van der Waals surface area contributed by atoms with Gasteiger partial charge in [-0.05, 0) is 48.9 Å². The number of nitrogens with zero attached hydrogens (tertiary/aromatic N) is 5. The number of nitrogens with one attached hydrogen (secondary N) is 2. The van der Waals surface area contributed by atoms with E-state index in [9.17, 15) is 4.79 Å². The molecule has 3 aromatic heterocycles. The Bertz CT molecular complexity index is 1490. The second-order valence-corrected chi connectivity index (χ2v) is 8.34. The molecule has 5 rings (SSSR count). The van der Waals surface area contributed by atoms with Gasteiger partial charge in [-0.3, -0.25) is 9.36 Å². The number of aromatic nitrogens is 5. The molecular formula is C26H22ClN7O2. The first-order valence-electron chi connectivity index (χ1n) is 11.4. The molecule has 0 atom stereocenters. The van der Waals surface area contributed by atoms with Crippen molar-refractivity contribution in [1.29, 1.82) is 0 Å². The summed E-state index contributed by atoms with van der Waals surface area (Å²) < 4.78 is 7.22. The third-order valence-electron chi connectivity index (χ3n) is 5.31. The maximum atomic E-state index is 12.8. The van der Waals surface area contributed by atoms with Crippen LogP contribution in [0.1, 0.15) is 23.8 Å². The Balaban J connectivity index is 1.35. The van der Waals surface area contributed by atoms with Crippen molar-refractivity contribution in [2.75, 3.05) is 17.2 Å². The van der Waals surface area contributed by atoms with Crippen LogP contribution in [0.25, 0.3) is 28.5 Å². The van der Waals surface area contributed by atoms with Gasteiger partial charge in [0.25, 0.3) is 5.91 Å². The lowest BCUT2D eigenvalue weighted by molar-refractivity contribution is 0.101. The molecule has 3 heterocycles. The minimum absolute atomic E-state index is 0.167. The molecular weight excluding hydrogens is 478 g/mol. The Hall–Kier alpha value is -4.50. The lowest BCUT2D eigenvalue weighted by Crippen LogP contribution is -2.12. The van der Waals surface area contributed by atoms with Gasteiger partial charge >= 0.3 is 0 Å². The molecule has 0 aliphatic carbocycles. The molecule has 0 bridgehead atoms. The van der Waals surface area contributed by atoms with E-state index in [0.29, 0.717) is 34.1 Å². The number of hydrogen-bond donors (Lipinski definition) is 2. The summed E-state index contributed by atoms with van der Waals surface area (Å²) in [5, 5.41) is 10.6. The van der Waals surface area contributed by atoms with Crippen molar-refractivity contribution in [2.24, 2.45) is 0 Å². The number of rotatable bonds is 8. The molecule has 5 aromatic rings. The van der Waals surface area contributed by atoms with Gasteiger partial charge in [-0.1, -0.05) is 35.8 Å². The van der Waals surface area contributed by atoms with Gasteiger partial charge in [0, 0.05) is 53.0 Å². The number of imidazole rings is 1. The van der Waals surface area contributed by atoms with E-state index in [1.54, 1.807) is 48.8 Å². The zero-order valence-corrected chi connectivity index (χ0v) is 20.1. The minimum atomic E-state index is -0.387. The molecule has 1 amide bonds. The summed E-state index contributed by atoms with van der Waals surface area (Å²) in [6.45, 7) is 2.87. The first-order chi connectivity index (χ1) is 17.6. The summed E-state index contributed by atoms with van der Waals surface area (Å²) >= 11 is 5.94. The summed E-state index contributed by atoms with van der Waals surface area (Å²) in [5.41, 5.74) is 2.34. The van der Waals surface area contributed by atoms with Crippen LogP contribution >= 0.6 is 11.6 Å². The molecule has 9 nitrogen and oxygen atoms in total. The van der Waals surface area contributed by atoms with E-state index in [2.05, 4.69) is 37.7 Å². The summed E-state index contributed by atoms with van der Waals surface area (Å²) in [6.07, 6.45) is 6.21. The molecule has 0 unspecified atom stereocenters. The molecule has 0 aliphatic heterocycles. The third-order valence-corrected chi connectivity index (χ3v) is 5.56. The van der Waals surface area contributed by atoms with Crippen molar-refractivity contribution in [3.63, 3.8) is 0 Å². The number of carbonyl (C=O) groups is 1. The average Bonchev–Trinajstić information content (AvgIpc) is 3.59. The number of halogens is 1. The monoisotopic (exact) mass is 499 g/mol. The Kier molecular flexibility index (Phi) is 6.72. The van der Waals surface area contributed by atoms with E-state index >= 15 is 0 Å². The predicted molar refractivity (Wildman–Crippen MR) is 138 cm³/mol. The number of benzene rings is 2. The molecule has 0 saturated heterocycles. The van der Waals surface area contributed by atoms with Crippen LogP contribution in [0, 0.1) is 0 Å². The molecule has 180 valence electrons. The van der Waals surface area contributed by atoms with Gasteiger partial charge in [-0.25, -0.2) is 9.97 Å². The molecule has 2 aromatic carbocycles. The molecule has 10 heteroatoms. The summed E-state index contributed by atoms with van der Waals surface area (Å²) in [7, 11) is 0. The molecule has 36 heavy (non-hydrogen) atoms. The number of amides is 1. The van der Waals surface area contributed by atoms with Crippen molar-refractivity contribution < 1.29 is 9.32 Å². The SMILES string of the molecule is CCCNc1nccc(-n2ccnc2-c2cccc(NC(=O)c3cc(-c4ccc(Cl)cc4)on3)c2)n1. The van der Waals surface area contributed by atoms with Gasteiger partial charge in [-0.2, -0.15) is 4.98 Å². The molecule has 0 fully saturated rings. The van der Waals surface area contributed by atoms with Crippen molar-refractivity contribution >= 4 is 29.1 Å². The highest BCUT2D eigenvalue weighted by Crippen LogP contribution is 2.25. The van der Waals surface area contributed by atoms with Gasteiger partial charge in [0.2, 0.25) is 5.95 Å². The Morgan fingerprint density at radius 1 is 1.03 bits per heavy atom. The standard InChI is InChI=1S/C26H22ClN7O2/c1-2-11-29-26-30-12-10-23(32-26)34-14-13-28-24(34)18-4-3-5-20(15-18)31-25(35)21-16-22(36-33-21)17-6-8-19(27)9-7-17/h3-10,12-16H,2,11H2,1H3,(H,31,35)(H,29,30,32). The predicted octanol–water partition coefficient (Wildman–Crippen LogP) is 5.71. The fourth-order valence-electron chi connectivity index (χ4n) is 3.57. The number of hydrogen-bond acceptors (Lipinski definition) is 7. The molecule has 2 N–H and O–H groups in total. The smallest absolute Gasteiger partial charge is 0.277 e. The summed E-state index contributed by atoms with van der Waals surface area (Å²) in [4.78, 5) is 26.2. The van der Waals surface area contributed by atoms with Crippen LogP contribution in [-0.4, -0.2) is 37.1 Å². The Labute approximate surface area is 212 Å². The molecule has 0 aliphatic rings. The second kappa shape index (κ2) is 10.4. The normalized spacial score (nSPS) is 10.8. The highest BCUT2D eigenvalue weighted by molar-refractivity contribution is 6.30. The number of anilines is 2. The number of carbonyl (C=O) groups excluding carboxylic acids is 1. The van der Waals surface area contributed by atoms with Gasteiger partial charge in [0.15, 0.2) is 11.5 Å². The molecule has 0 saturated carbocycles. The fourth-order valence-corrected chi connectivity index (χ4v) is 3.70. The first kappa shape index (κ1) is 23.3. The maximum absolute atomic E-state index is 12.8. The van der Waals surface area contributed by atoms with Crippen LogP contribution in [0.2, 0.25) is 5.02 Å². The Morgan fingerprint density at radius 2 is 1.89 bits per heavy atom. The first-order valence-corrected chi connectivity index (χ1v) is 11.7. The van der Waals surface area contributed by atoms with Crippen LogP contribution in [0.15, 0.2) is 83.8 Å². The van der Waals surface area contributed by atoms with Gasteiger partial charge in [0.1, 0.15) is 11.6 Å². The van der Waals surface area contributed by atoms with Crippen LogP contribution in [0.4, 0.5) is 11.6 Å². The highest BCUT2D eigenvalue weighted by Gasteiger charge is 2.15. The van der Waals surface area contributed by atoms with Crippen molar-refractivity contribution in [3.8, 4) is 28.5 Å². The minimum Gasteiger partial charge on any atom is -0.355 e. The van der Waals surface area contributed by atoms with E-state index in [1.807, 2.05) is 35.0 Å². The largest absolute Gasteiger partial charge is 0.355 e. The van der Waals surface area contributed by atoms with Crippen LogP contribution in [0.3, 0.4) is 0 Å². The lowest BCUT2D eigenvalue weighted by atomic mass is 10.1.